The van der Waals surface area contributed by atoms with Gasteiger partial charge in [-0.1, -0.05) is 30.4 Å². The maximum Gasteiger partial charge on any atom is 0.115 e. The van der Waals surface area contributed by atoms with Gasteiger partial charge < -0.3 is 15.3 Å². The molecule has 0 radical (unpaired) electrons. The number of benzene rings is 1. The largest absolute Gasteiger partial charge is 0.508 e. The van der Waals surface area contributed by atoms with Gasteiger partial charge in [0.15, 0.2) is 0 Å². The van der Waals surface area contributed by atoms with Gasteiger partial charge in [-0.2, -0.15) is 0 Å². The highest BCUT2D eigenvalue weighted by Crippen LogP contribution is 2.25. The summed E-state index contributed by atoms with van der Waals surface area (Å²) in [7, 11) is 0. The quantitative estimate of drug-likeness (QED) is 0.641. The van der Waals surface area contributed by atoms with Crippen LogP contribution in [0.15, 0.2) is 42.5 Å². The lowest BCUT2D eigenvalue weighted by Gasteiger charge is -2.21. The lowest BCUT2D eigenvalue weighted by Crippen LogP contribution is -2.26. The first-order valence-corrected chi connectivity index (χ1v) is 4.72. The summed E-state index contributed by atoms with van der Waals surface area (Å²) in [5, 5.41) is 28.3. The highest BCUT2D eigenvalue weighted by atomic mass is 16.3. The SMILES string of the molecule is Oc1ccc(C2=CC=C[C@H](O)[C@@H]2O)cc1. The second kappa shape index (κ2) is 3.88. The van der Waals surface area contributed by atoms with Crippen LogP contribution >= 0.6 is 0 Å². The molecule has 0 amide bonds. The predicted molar refractivity (Wildman–Crippen MR) is 57.2 cm³/mol. The van der Waals surface area contributed by atoms with E-state index in [9.17, 15) is 10.2 Å². The minimum Gasteiger partial charge on any atom is -0.508 e. The van der Waals surface area contributed by atoms with Crippen LogP contribution in [0.25, 0.3) is 5.57 Å². The molecular formula is C12H12O3. The average molecular weight is 204 g/mol. The van der Waals surface area contributed by atoms with Crippen molar-refractivity contribution in [1.82, 2.24) is 0 Å². The molecule has 2 rings (SSSR count). The standard InChI is InChI=1S/C12H12O3/c13-9-6-4-8(5-7-9)10-2-1-3-11(14)12(10)15/h1-7,11-15H/t11-,12+/m0/s1. The number of aromatic hydroxyl groups is 1. The van der Waals surface area contributed by atoms with Crippen molar-refractivity contribution in [2.24, 2.45) is 0 Å². The van der Waals surface area contributed by atoms with Gasteiger partial charge in [0.05, 0.1) is 0 Å². The zero-order valence-corrected chi connectivity index (χ0v) is 8.04. The van der Waals surface area contributed by atoms with Crippen LogP contribution in [0.1, 0.15) is 5.56 Å². The molecule has 0 unspecified atom stereocenters. The third kappa shape index (κ3) is 1.93. The van der Waals surface area contributed by atoms with Gasteiger partial charge >= 0.3 is 0 Å². The number of phenolic OH excluding ortho intramolecular Hbond substituents is 1. The summed E-state index contributed by atoms with van der Waals surface area (Å²) in [6.45, 7) is 0. The van der Waals surface area contributed by atoms with Crippen molar-refractivity contribution in [2.45, 2.75) is 12.2 Å². The molecule has 0 aliphatic heterocycles. The van der Waals surface area contributed by atoms with Crippen LogP contribution in [0.5, 0.6) is 5.75 Å². The average Bonchev–Trinajstić information content (AvgIpc) is 2.24. The fourth-order valence-electron chi connectivity index (χ4n) is 1.58. The lowest BCUT2D eigenvalue weighted by molar-refractivity contribution is 0.0859. The van der Waals surface area contributed by atoms with E-state index in [1.54, 1.807) is 36.4 Å². The van der Waals surface area contributed by atoms with E-state index < -0.39 is 12.2 Å². The monoisotopic (exact) mass is 204 g/mol. The van der Waals surface area contributed by atoms with Crippen LogP contribution in [0.4, 0.5) is 0 Å². The number of aliphatic hydroxyl groups excluding tert-OH is 2. The number of aliphatic hydroxyl groups is 2. The number of rotatable bonds is 1. The van der Waals surface area contributed by atoms with Crippen LogP contribution in [-0.2, 0) is 0 Å². The molecule has 1 aromatic rings. The van der Waals surface area contributed by atoms with Crippen molar-refractivity contribution >= 4 is 5.57 Å². The normalized spacial score (nSPS) is 25.1. The van der Waals surface area contributed by atoms with Gasteiger partial charge in [-0.3, -0.25) is 0 Å². The van der Waals surface area contributed by atoms with Crippen LogP contribution in [0.2, 0.25) is 0 Å². The van der Waals surface area contributed by atoms with Gasteiger partial charge in [0, 0.05) is 0 Å². The minimum atomic E-state index is -0.903. The first-order chi connectivity index (χ1) is 7.18. The Morgan fingerprint density at radius 3 is 2.33 bits per heavy atom. The number of phenols is 1. The molecule has 0 spiro atoms. The molecule has 1 aromatic carbocycles. The Bertz CT molecular complexity index is 403. The van der Waals surface area contributed by atoms with Gasteiger partial charge in [0.25, 0.3) is 0 Å². The molecule has 1 aliphatic rings. The molecule has 3 nitrogen and oxygen atoms in total. The molecule has 0 saturated heterocycles. The molecule has 15 heavy (non-hydrogen) atoms. The van der Waals surface area contributed by atoms with Gasteiger partial charge in [0.1, 0.15) is 18.0 Å². The number of hydrogen-bond acceptors (Lipinski definition) is 3. The molecular weight excluding hydrogens is 192 g/mol. The summed E-state index contributed by atoms with van der Waals surface area (Å²) in [5.41, 5.74) is 1.45. The highest BCUT2D eigenvalue weighted by Gasteiger charge is 2.21. The molecule has 78 valence electrons. The van der Waals surface area contributed by atoms with E-state index in [2.05, 4.69) is 0 Å². The Labute approximate surface area is 87.6 Å². The van der Waals surface area contributed by atoms with Gasteiger partial charge in [-0.25, -0.2) is 0 Å². The van der Waals surface area contributed by atoms with Crippen molar-refractivity contribution in [3.63, 3.8) is 0 Å². The van der Waals surface area contributed by atoms with Crippen molar-refractivity contribution in [3.05, 3.63) is 48.1 Å². The zero-order valence-electron chi connectivity index (χ0n) is 8.04. The molecule has 0 bridgehead atoms. The Morgan fingerprint density at radius 2 is 1.67 bits per heavy atom. The van der Waals surface area contributed by atoms with Gasteiger partial charge in [-0.15, -0.1) is 0 Å². The summed E-state index contributed by atoms with van der Waals surface area (Å²) < 4.78 is 0. The molecule has 3 N–H and O–H groups in total. The van der Waals surface area contributed by atoms with E-state index in [-0.39, 0.29) is 5.75 Å². The van der Waals surface area contributed by atoms with Crippen LogP contribution in [-0.4, -0.2) is 27.5 Å². The second-order valence-corrected chi connectivity index (χ2v) is 3.49. The maximum absolute atomic E-state index is 9.73. The second-order valence-electron chi connectivity index (χ2n) is 3.49. The predicted octanol–water partition coefficient (Wildman–Crippen LogP) is 1.07. The molecule has 2 atom stereocenters. The summed E-state index contributed by atoms with van der Waals surface area (Å²) in [6, 6.07) is 6.51. The van der Waals surface area contributed by atoms with E-state index in [0.717, 1.165) is 5.56 Å². The van der Waals surface area contributed by atoms with E-state index >= 15 is 0 Å². The van der Waals surface area contributed by atoms with Crippen molar-refractivity contribution < 1.29 is 15.3 Å². The fraction of sp³-hybridized carbons (Fsp3) is 0.167. The molecule has 3 heteroatoms. The summed E-state index contributed by atoms with van der Waals surface area (Å²) in [5.74, 6) is 0.181. The maximum atomic E-state index is 9.73. The van der Waals surface area contributed by atoms with Crippen molar-refractivity contribution in [2.75, 3.05) is 0 Å². The molecule has 0 saturated carbocycles. The zero-order chi connectivity index (χ0) is 10.8. The van der Waals surface area contributed by atoms with Crippen LogP contribution in [0.3, 0.4) is 0 Å². The Kier molecular flexibility index (Phi) is 2.58. The van der Waals surface area contributed by atoms with Gasteiger partial charge in [-0.05, 0) is 23.3 Å². The topological polar surface area (TPSA) is 60.7 Å². The Balaban J connectivity index is 2.34. The molecule has 0 aromatic heterocycles. The van der Waals surface area contributed by atoms with Crippen LogP contribution in [0, 0.1) is 0 Å². The number of allylic oxidation sites excluding steroid dienone is 2. The van der Waals surface area contributed by atoms with Crippen molar-refractivity contribution in [3.8, 4) is 5.75 Å². The Morgan fingerprint density at radius 1 is 1.00 bits per heavy atom. The van der Waals surface area contributed by atoms with Crippen LogP contribution < -0.4 is 0 Å². The highest BCUT2D eigenvalue weighted by molar-refractivity contribution is 5.72. The van der Waals surface area contributed by atoms with Gasteiger partial charge in [0.2, 0.25) is 0 Å². The first kappa shape index (κ1) is 9.96. The molecule has 1 aliphatic carbocycles. The van der Waals surface area contributed by atoms with E-state index in [1.807, 2.05) is 0 Å². The summed E-state index contributed by atoms with van der Waals surface area (Å²) in [4.78, 5) is 0. The third-order valence-electron chi connectivity index (χ3n) is 2.43. The fourth-order valence-corrected chi connectivity index (χ4v) is 1.58. The Hall–Kier alpha value is -1.58. The summed E-state index contributed by atoms with van der Waals surface area (Å²) in [6.07, 6.45) is 3.23. The summed E-state index contributed by atoms with van der Waals surface area (Å²) >= 11 is 0. The van der Waals surface area contributed by atoms with E-state index in [4.69, 9.17) is 5.11 Å². The van der Waals surface area contributed by atoms with E-state index in [1.165, 1.54) is 6.08 Å². The third-order valence-corrected chi connectivity index (χ3v) is 2.43. The van der Waals surface area contributed by atoms with E-state index in [0.29, 0.717) is 5.57 Å². The lowest BCUT2D eigenvalue weighted by atomic mass is 9.93. The minimum absolute atomic E-state index is 0.181. The smallest absolute Gasteiger partial charge is 0.115 e. The molecule has 0 heterocycles. The number of hydrogen-bond donors (Lipinski definition) is 3. The van der Waals surface area contributed by atoms with Crippen molar-refractivity contribution in [1.29, 1.82) is 0 Å². The first-order valence-electron chi connectivity index (χ1n) is 4.72. The molecule has 0 fully saturated rings.